The number of carbonyl (C=O) groups excluding carboxylic acids is 1. The Bertz CT molecular complexity index is 584. The van der Waals surface area contributed by atoms with Crippen LogP contribution in [0.2, 0.25) is 0 Å². The van der Waals surface area contributed by atoms with Gasteiger partial charge in [0.2, 0.25) is 0 Å². The summed E-state index contributed by atoms with van der Waals surface area (Å²) < 4.78 is 5.73. The fourth-order valence-electron chi connectivity index (χ4n) is 5.45. The third-order valence-electron chi connectivity index (χ3n) is 6.52. The zero-order chi connectivity index (χ0) is 18.8. The lowest BCUT2D eigenvalue weighted by Crippen LogP contribution is -2.55. The quantitative estimate of drug-likeness (QED) is 0.441. The molecule has 2 aliphatic rings. The van der Waals surface area contributed by atoms with Crippen molar-refractivity contribution < 1.29 is 14.6 Å². The van der Waals surface area contributed by atoms with Gasteiger partial charge in [-0.2, -0.15) is 0 Å². The third-order valence-corrected chi connectivity index (χ3v) is 6.52. The maximum Gasteiger partial charge on any atom is 0.303 e. The highest BCUT2D eigenvalue weighted by Crippen LogP contribution is 2.61. The monoisotopic (exact) mass is 346 g/mol. The molecule has 1 N–H and O–H groups in total. The molecule has 140 valence electrons. The second-order valence-corrected chi connectivity index (χ2v) is 8.74. The SMILES string of the molecule is C=C/C(C)=C/C[C@@H]1C(CO)=C[C@H](OC(C)=O)[C@@H]2C(C)(C)CCC[C@@]12C. The Kier molecular flexibility index (Phi) is 5.98. The van der Waals surface area contributed by atoms with Crippen LogP contribution in [0.5, 0.6) is 0 Å². The molecule has 0 saturated heterocycles. The highest BCUT2D eigenvalue weighted by Gasteiger charge is 2.56. The first-order valence-electron chi connectivity index (χ1n) is 9.43. The molecule has 2 aliphatic carbocycles. The molecule has 0 aliphatic heterocycles. The summed E-state index contributed by atoms with van der Waals surface area (Å²) >= 11 is 0. The molecule has 1 saturated carbocycles. The summed E-state index contributed by atoms with van der Waals surface area (Å²) in [6, 6.07) is 0. The molecule has 0 unspecified atom stereocenters. The van der Waals surface area contributed by atoms with Gasteiger partial charge in [0.05, 0.1) is 6.61 Å². The number of ether oxygens (including phenoxy) is 1. The van der Waals surface area contributed by atoms with Crippen LogP contribution in [0.3, 0.4) is 0 Å². The highest BCUT2D eigenvalue weighted by atomic mass is 16.5. The number of hydrogen-bond donors (Lipinski definition) is 1. The number of rotatable bonds is 5. The van der Waals surface area contributed by atoms with Gasteiger partial charge in [-0.05, 0) is 54.6 Å². The number of aliphatic hydroxyl groups excluding tert-OH is 1. The van der Waals surface area contributed by atoms with E-state index in [-0.39, 0.29) is 41.3 Å². The zero-order valence-electron chi connectivity index (χ0n) is 16.5. The van der Waals surface area contributed by atoms with Gasteiger partial charge in [-0.25, -0.2) is 0 Å². The minimum atomic E-state index is -0.249. The number of allylic oxidation sites excluding steroid dienone is 3. The lowest BCUT2D eigenvalue weighted by molar-refractivity contribution is -0.161. The van der Waals surface area contributed by atoms with Crippen molar-refractivity contribution in [2.24, 2.45) is 22.7 Å². The summed E-state index contributed by atoms with van der Waals surface area (Å²) in [5.74, 6) is 0.280. The Hall–Kier alpha value is -1.35. The second-order valence-electron chi connectivity index (χ2n) is 8.74. The van der Waals surface area contributed by atoms with Crippen LogP contribution in [-0.4, -0.2) is 23.8 Å². The topological polar surface area (TPSA) is 46.5 Å². The van der Waals surface area contributed by atoms with Crippen LogP contribution in [0.1, 0.15) is 60.3 Å². The van der Waals surface area contributed by atoms with Crippen molar-refractivity contribution >= 4 is 5.97 Å². The summed E-state index contributed by atoms with van der Waals surface area (Å²) in [5.41, 5.74) is 2.28. The van der Waals surface area contributed by atoms with Crippen molar-refractivity contribution in [3.63, 3.8) is 0 Å². The van der Waals surface area contributed by atoms with Crippen LogP contribution < -0.4 is 0 Å². The number of esters is 1. The van der Waals surface area contributed by atoms with Gasteiger partial charge in [0, 0.05) is 12.8 Å². The first-order valence-corrected chi connectivity index (χ1v) is 9.43. The van der Waals surface area contributed by atoms with Crippen molar-refractivity contribution in [3.8, 4) is 0 Å². The van der Waals surface area contributed by atoms with E-state index in [4.69, 9.17) is 4.74 Å². The normalized spacial score (nSPS) is 34.7. The van der Waals surface area contributed by atoms with Crippen LogP contribution in [0, 0.1) is 22.7 Å². The van der Waals surface area contributed by atoms with E-state index in [1.165, 1.54) is 13.3 Å². The number of aliphatic hydroxyl groups is 1. The minimum absolute atomic E-state index is 0.00658. The summed E-state index contributed by atoms with van der Waals surface area (Å²) in [7, 11) is 0. The van der Waals surface area contributed by atoms with Crippen molar-refractivity contribution in [1.82, 2.24) is 0 Å². The lowest BCUT2D eigenvalue weighted by atomic mass is 9.47. The van der Waals surface area contributed by atoms with E-state index in [1.807, 2.05) is 12.2 Å². The van der Waals surface area contributed by atoms with Crippen molar-refractivity contribution in [3.05, 3.63) is 36.0 Å². The fraction of sp³-hybridized carbons (Fsp3) is 0.682. The number of carbonyl (C=O) groups is 1. The fourth-order valence-corrected chi connectivity index (χ4v) is 5.45. The molecule has 25 heavy (non-hydrogen) atoms. The number of fused-ring (bicyclic) bond motifs is 1. The molecule has 0 aromatic carbocycles. The molecule has 0 heterocycles. The molecule has 0 bridgehead atoms. The molecule has 0 radical (unpaired) electrons. The maximum atomic E-state index is 11.7. The van der Waals surface area contributed by atoms with E-state index in [0.29, 0.717) is 0 Å². The molecule has 4 atom stereocenters. The summed E-state index contributed by atoms with van der Waals surface area (Å²) in [6.45, 7) is 14.3. The minimum Gasteiger partial charge on any atom is -0.458 e. The van der Waals surface area contributed by atoms with Crippen molar-refractivity contribution in [2.45, 2.75) is 66.4 Å². The molecule has 0 aromatic rings. The maximum absolute atomic E-state index is 11.7. The largest absolute Gasteiger partial charge is 0.458 e. The molecular formula is C22H34O3. The van der Waals surface area contributed by atoms with Gasteiger partial charge in [0.25, 0.3) is 0 Å². The summed E-state index contributed by atoms with van der Waals surface area (Å²) in [6.07, 6.45) is 10.2. The van der Waals surface area contributed by atoms with Crippen LogP contribution in [0.4, 0.5) is 0 Å². The second kappa shape index (κ2) is 7.49. The first-order chi connectivity index (χ1) is 11.7. The Morgan fingerprint density at radius 3 is 2.60 bits per heavy atom. The molecule has 0 aromatic heterocycles. The van der Waals surface area contributed by atoms with E-state index in [0.717, 1.165) is 30.4 Å². The Morgan fingerprint density at radius 2 is 2.04 bits per heavy atom. The van der Waals surface area contributed by atoms with E-state index >= 15 is 0 Å². The Balaban J connectivity index is 2.51. The zero-order valence-corrected chi connectivity index (χ0v) is 16.5. The van der Waals surface area contributed by atoms with E-state index in [2.05, 4.69) is 40.3 Å². The van der Waals surface area contributed by atoms with Gasteiger partial charge in [-0.3, -0.25) is 4.79 Å². The van der Waals surface area contributed by atoms with Crippen LogP contribution in [-0.2, 0) is 9.53 Å². The van der Waals surface area contributed by atoms with E-state index < -0.39 is 0 Å². The van der Waals surface area contributed by atoms with Crippen LogP contribution in [0.25, 0.3) is 0 Å². The average Bonchev–Trinajstić information content (AvgIpc) is 2.51. The van der Waals surface area contributed by atoms with Gasteiger partial charge in [0.1, 0.15) is 6.10 Å². The van der Waals surface area contributed by atoms with Gasteiger partial charge < -0.3 is 9.84 Å². The van der Waals surface area contributed by atoms with Gasteiger partial charge in [-0.1, -0.05) is 51.5 Å². The molecule has 1 fully saturated rings. The average molecular weight is 347 g/mol. The smallest absolute Gasteiger partial charge is 0.303 e. The number of hydrogen-bond acceptors (Lipinski definition) is 3. The lowest BCUT2D eigenvalue weighted by Gasteiger charge is -2.58. The molecule has 0 amide bonds. The van der Waals surface area contributed by atoms with Crippen molar-refractivity contribution in [1.29, 1.82) is 0 Å². The predicted octanol–water partition coefficient (Wildman–Crippen LogP) is 4.82. The van der Waals surface area contributed by atoms with Crippen LogP contribution in [0.15, 0.2) is 36.0 Å². The van der Waals surface area contributed by atoms with Gasteiger partial charge >= 0.3 is 5.97 Å². The Labute approximate surface area is 152 Å². The standard InChI is InChI=1S/C22H34O3/c1-7-15(2)9-10-18-17(14-23)13-19(25-16(3)24)20-21(4,5)11-8-12-22(18,20)6/h7,9,13,18-20,23H,1,8,10-12,14H2,2-6H3/b15-9+/t18-,19+,20-,22+/m1/s1. The predicted molar refractivity (Wildman–Crippen MR) is 102 cm³/mol. The Morgan fingerprint density at radius 1 is 1.36 bits per heavy atom. The van der Waals surface area contributed by atoms with Crippen molar-refractivity contribution in [2.75, 3.05) is 6.61 Å². The molecular weight excluding hydrogens is 312 g/mol. The van der Waals surface area contributed by atoms with Gasteiger partial charge in [-0.15, -0.1) is 0 Å². The van der Waals surface area contributed by atoms with E-state index in [1.54, 1.807) is 0 Å². The summed E-state index contributed by atoms with van der Waals surface area (Å²) in [4.78, 5) is 11.7. The highest BCUT2D eigenvalue weighted by molar-refractivity contribution is 5.66. The molecule has 2 rings (SSSR count). The summed E-state index contributed by atoms with van der Waals surface area (Å²) in [5, 5.41) is 10.0. The molecule has 3 nitrogen and oxygen atoms in total. The first kappa shape index (κ1) is 20.0. The van der Waals surface area contributed by atoms with Crippen LogP contribution >= 0.6 is 0 Å². The molecule has 3 heteroatoms. The van der Waals surface area contributed by atoms with E-state index in [9.17, 15) is 9.90 Å². The van der Waals surface area contributed by atoms with Gasteiger partial charge in [0.15, 0.2) is 0 Å². The third kappa shape index (κ3) is 3.92. The molecule has 0 spiro atoms.